The quantitative estimate of drug-likeness (QED) is 0.686. The molecule has 1 aromatic heterocycles. The van der Waals surface area contributed by atoms with Crippen molar-refractivity contribution in [3.63, 3.8) is 0 Å². The van der Waals surface area contributed by atoms with Gasteiger partial charge in [-0.3, -0.25) is 4.79 Å². The first-order valence-electron chi connectivity index (χ1n) is 8.65. The number of carboxylic acids is 1. The minimum Gasteiger partial charge on any atom is -0.481 e. The van der Waals surface area contributed by atoms with Crippen LogP contribution in [0.3, 0.4) is 0 Å². The average molecular weight is 366 g/mol. The zero-order chi connectivity index (χ0) is 18.2. The molecule has 0 bridgehead atoms. The predicted octanol–water partition coefficient (Wildman–Crippen LogP) is 2.42. The fourth-order valence-electron chi connectivity index (χ4n) is 2.71. The molecule has 7 nitrogen and oxygen atoms in total. The third-order valence-corrected chi connectivity index (χ3v) is 5.49. The van der Waals surface area contributed by atoms with Gasteiger partial charge in [0.1, 0.15) is 0 Å². The zero-order valence-electron chi connectivity index (χ0n) is 14.8. The summed E-state index contributed by atoms with van der Waals surface area (Å²) in [5.41, 5.74) is 0.970. The summed E-state index contributed by atoms with van der Waals surface area (Å²) < 4.78 is 0. The van der Waals surface area contributed by atoms with Gasteiger partial charge in [-0.1, -0.05) is 31.5 Å². The lowest BCUT2D eigenvalue weighted by molar-refractivity contribution is -0.141. The molecule has 2 rings (SSSR count). The summed E-state index contributed by atoms with van der Waals surface area (Å²) >= 11 is 1.75. The molecule has 138 valence electrons. The van der Waals surface area contributed by atoms with Crippen molar-refractivity contribution in [1.82, 2.24) is 20.2 Å². The molecule has 1 aliphatic carbocycles. The minimum absolute atomic E-state index is 0.178. The molecule has 0 aromatic carbocycles. The van der Waals surface area contributed by atoms with E-state index in [0.29, 0.717) is 18.2 Å². The molecule has 0 saturated heterocycles. The van der Waals surface area contributed by atoms with Crippen molar-refractivity contribution in [3.8, 4) is 0 Å². The van der Waals surface area contributed by atoms with Crippen LogP contribution in [0.1, 0.15) is 38.2 Å². The van der Waals surface area contributed by atoms with Crippen LogP contribution < -0.4 is 5.32 Å². The average Bonchev–Trinajstić information content (AvgIpc) is 3.09. The van der Waals surface area contributed by atoms with Crippen LogP contribution in [0.25, 0.3) is 0 Å². The van der Waals surface area contributed by atoms with Crippen LogP contribution in [0.15, 0.2) is 17.6 Å². The molecule has 2 N–H and O–H groups in total. The van der Waals surface area contributed by atoms with Gasteiger partial charge in [0.05, 0.1) is 5.92 Å². The van der Waals surface area contributed by atoms with Crippen LogP contribution in [0.4, 0.5) is 4.79 Å². The van der Waals surface area contributed by atoms with Crippen LogP contribution >= 0.6 is 11.8 Å². The van der Waals surface area contributed by atoms with E-state index in [1.54, 1.807) is 25.7 Å². The third kappa shape index (κ3) is 6.53. The molecule has 1 fully saturated rings. The Kier molecular flexibility index (Phi) is 7.49. The van der Waals surface area contributed by atoms with Gasteiger partial charge in [0.15, 0.2) is 5.16 Å². The zero-order valence-corrected chi connectivity index (χ0v) is 15.6. The number of thioether (sulfide) groups is 1. The number of amides is 2. The molecule has 1 aromatic rings. The van der Waals surface area contributed by atoms with E-state index in [4.69, 9.17) is 5.11 Å². The number of nitrogens with one attached hydrogen (secondary N) is 1. The normalized spacial score (nSPS) is 15.8. The molecule has 1 unspecified atom stereocenters. The molecular weight excluding hydrogens is 340 g/mol. The van der Waals surface area contributed by atoms with Gasteiger partial charge >= 0.3 is 12.0 Å². The standard InChI is InChI=1S/C17H26N4O3S/c1-12(15(22)23)11-21(2)17(24)18-8-7-13-9-19-16(20-10-13)25-14-5-3-4-6-14/h9-10,12,14H,3-8,11H2,1-2H3,(H,18,24)(H,22,23). The second-order valence-corrected chi connectivity index (χ2v) is 7.77. The number of nitrogens with zero attached hydrogens (tertiary/aromatic N) is 3. The van der Waals surface area contributed by atoms with Gasteiger partial charge in [-0.25, -0.2) is 14.8 Å². The summed E-state index contributed by atoms with van der Waals surface area (Å²) in [4.78, 5) is 32.9. The molecule has 8 heteroatoms. The van der Waals surface area contributed by atoms with Crippen molar-refractivity contribution in [2.45, 2.75) is 49.4 Å². The Bertz CT molecular complexity index is 576. The van der Waals surface area contributed by atoms with Crippen LogP contribution in [0, 0.1) is 5.92 Å². The monoisotopic (exact) mass is 366 g/mol. The first kappa shape index (κ1) is 19.5. The summed E-state index contributed by atoms with van der Waals surface area (Å²) in [7, 11) is 1.59. The molecule has 0 radical (unpaired) electrons. The second-order valence-electron chi connectivity index (χ2n) is 6.50. The molecule has 1 heterocycles. The molecular formula is C17H26N4O3S. The van der Waals surface area contributed by atoms with Gasteiger partial charge in [0.25, 0.3) is 0 Å². The topological polar surface area (TPSA) is 95.4 Å². The highest BCUT2D eigenvalue weighted by molar-refractivity contribution is 7.99. The Morgan fingerprint density at radius 1 is 1.36 bits per heavy atom. The Hall–Kier alpha value is -1.83. The number of carbonyl (C=O) groups excluding carboxylic acids is 1. The summed E-state index contributed by atoms with van der Waals surface area (Å²) in [6, 6.07) is -0.276. The second kappa shape index (κ2) is 9.60. The van der Waals surface area contributed by atoms with E-state index in [0.717, 1.165) is 10.7 Å². The van der Waals surface area contributed by atoms with Gasteiger partial charge in [0, 0.05) is 37.8 Å². The van der Waals surface area contributed by atoms with Gasteiger partial charge < -0.3 is 15.3 Å². The van der Waals surface area contributed by atoms with Crippen LogP contribution in [0.2, 0.25) is 0 Å². The minimum atomic E-state index is -0.910. The molecule has 1 saturated carbocycles. The number of hydrogen-bond acceptors (Lipinski definition) is 5. The Morgan fingerprint density at radius 2 is 2.00 bits per heavy atom. The van der Waals surface area contributed by atoms with E-state index >= 15 is 0 Å². The van der Waals surface area contributed by atoms with E-state index in [-0.39, 0.29) is 12.6 Å². The van der Waals surface area contributed by atoms with Crippen molar-refractivity contribution in [1.29, 1.82) is 0 Å². The van der Waals surface area contributed by atoms with E-state index in [9.17, 15) is 9.59 Å². The highest BCUT2D eigenvalue weighted by Crippen LogP contribution is 2.32. The highest BCUT2D eigenvalue weighted by atomic mass is 32.2. The number of aliphatic carboxylic acids is 1. The first-order valence-corrected chi connectivity index (χ1v) is 9.53. The van der Waals surface area contributed by atoms with Crippen molar-refractivity contribution in [2.75, 3.05) is 20.1 Å². The van der Waals surface area contributed by atoms with Crippen molar-refractivity contribution in [2.24, 2.45) is 5.92 Å². The van der Waals surface area contributed by atoms with Crippen LogP contribution in [-0.4, -0.2) is 57.4 Å². The number of urea groups is 1. The SMILES string of the molecule is CC(CN(C)C(=O)NCCc1cnc(SC2CCCC2)nc1)C(=O)O. The molecule has 0 aliphatic heterocycles. The van der Waals surface area contributed by atoms with Gasteiger partial charge in [-0.15, -0.1) is 0 Å². The summed E-state index contributed by atoms with van der Waals surface area (Å²) in [5.74, 6) is -1.50. The Morgan fingerprint density at radius 3 is 2.60 bits per heavy atom. The van der Waals surface area contributed by atoms with E-state index in [2.05, 4.69) is 15.3 Å². The predicted molar refractivity (Wildman–Crippen MR) is 96.7 cm³/mol. The van der Waals surface area contributed by atoms with Gasteiger partial charge in [-0.05, 0) is 24.8 Å². The molecule has 25 heavy (non-hydrogen) atoms. The Balaban J connectivity index is 1.70. The number of carbonyl (C=O) groups is 2. The third-order valence-electron chi connectivity index (χ3n) is 4.26. The van der Waals surface area contributed by atoms with Crippen molar-refractivity contribution in [3.05, 3.63) is 18.0 Å². The van der Waals surface area contributed by atoms with Gasteiger partial charge in [-0.2, -0.15) is 0 Å². The lowest BCUT2D eigenvalue weighted by atomic mass is 10.2. The number of hydrogen-bond donors (Lipinski definition) is 2. The number of rotatable bonds is 8. The lowest BCUT2D eigenvalue weighted by Crippen LogP contribution is -2.41. The smallest absolute Gasteiger partial charge is 0.317 e. The van der Waals surface area contributed by atoms with Crippen molar-refractivity contribution >= 4 is 23.8 Å². The maximum Gasteiger partial charge on any atom is 0.317 e. The Labute approximate surface area is 152 Å². The van der Waals surface area contributed by atoms with Gasteiger partial charge in [0.2, 0.25) is 0 Å². The maximum absolute atomic E-state index is 11.9. The van der Waals surface area contributed by atoms with Crippen LogP contribution in [0.5, 0.6) is 0 Å². The first-order chi connectivity index (χ1) is 12.0. The van der Waals surface area contributed by atoms with E-state index in [1.165, 1.54) is 30.6 Å². The lowest BCUT2D eigenvalue weighted by Gasteiger charge is -2.19. The molecule has 0 spiro atoms. The highest BCUT2D eigenvalue weighted by Gasteiger charge is 2.18. The fourth-order valence-corrected chi connectivity index (χ4v) is 3.80. The summed E-state index contributed by atoms with van der Waals surface area (Å²) in [5, 5.41) is 13.1. The molecule has 1 atom stereocenters. The molecule has 1 aliphatic rings. The largest absolute Gasteiger partial charge is 0.481 e. The summed E-state index contributed by atoms with van der Waals surface area (Å²) in [6.45, 7) is 2.22. The maximum atomic E-state index is 11.9. The number of carboxylic acid groups (broad SMARTS) is 1. The molecule has 2 amide bonds. The summed E-state index contributed by atoms with van der Waals surface area (Å²) in [6.07, 6.45) is 9.36. The van der Waals surface area contributed by atoms with E-state index in [1.807, 2.05) is 12.4 Å². The van der Waals surface area contributed by atoms with E-state index < -0.39 is 11.9 Å². The number of aromatic nitrogens is 2. The van der Waals surface area contributed by atoms with Crippen molar-refractivity contribution < 1.29 is 14.7 Å². The fraction of sp³-hybridized carbons (Fsp3) is 0.647. The van der Waals surface area contributed by atoms with Crippen LogP contribution in [-0.2, 0) is 11.2 Å².